The van der Waals surface area contributed by atoms with E-state index >= 15 is 0 Å². The monoisotopic (exact) mass is 352 g/mol. The first kappa shape index (κ1) is 16.2. The molecular formula is C18H20N6S. The topological polar surface area (TPSA) is 68.9 Å². The lowest BCUT2D eigenvalue weighted by Gasteiger charge is -2.37. The minimum Gasteiger partial charge on any atom is -0.367 e. The van der Waals surface area contributed by atoms with Crippen molar-refractivity contribution < 1.29 is 0 Å². The summed E-state index contributed by atoms with van der Waals surface area (Å²) in [6.07, 6.45) is 7.19. The van der Waals surface area contributed by atoms with E-state index in [1.54, 1.807) is 24.0 Å². The summed E-state index contributed by atoms with van der Waals surface area (Å²) >= 11 is 1.62. The Labute approximate surface area is 151 Å². The second-order valence-corrected chi connectivity index (χ2v) is 7.07. The summed E-state index contributed by atoms with van der Waals surface area (Å²) in [5, 5.41) is 9.76. The van der Waals surface area contributed by atoms with Crippen molar-refractivity contribution in [1.82, 2.24) is 15.0 Å². The molecule has 25 heavy (non-hydrogen) atoms. The van der Waals surface area contributed by atoms with Gasteiger partial charge in [-0.3, -0.25) is 0 Å². The largest absolute Gasteiger partial charge is 0.367 e. The van der Waals surface area contributed by atoms with E-state index in [0.29, 0.717) is 5.69 Å². The number of rotatable bonds is 3. The summed E-state index contributed by atoms with van der Waals surface area (Å²) in [4.78, 5) is 18.4. The summed E-state index contributed by atoms with van der Waals surface area (Å²) < 4.78 is 0. The predicted molar refractivity (Wildman–Crippen MR) is 99.2 cm³/mol. The molecule has 6 nitrogen and oxygen atoms in total. The summed E-state index contributed by atoms with van der Waals surface area (Å²) in [5.74, 6) is 1.14. The first-order valence-electron chi connectivity index (χ1n) is 8.58. The maximum absolute atomic E-state index is 8.87. The van der Waals surface area contributed by atoms with Crippen LogP contribution >= 0.6 is 11.8 Å². The van der Waals surface area contributed by atoms with Crippen LogP contribution in [0.3, 0.4) is 0 Å². The van der Waals surface area contributed by atoms with Gasteiger partial charge in [0.05, 0.1) is 17.6 Å². The van der Waals surface area contributed by atoms with E-state index in [-0.39, 0.29) is 0 Å². The first-order chi connectivity index (χ1) is 12.3. The van der Waals surface area contributed by atoms with Crippen LogP contribution in [0.1, 0.15) is 23.4 Å². The number of fused-ring (bicyclic) bond motifs is 1. The number of hydrogen-bond acceptors (Lipinski definition) is 7. The zero-order valence-corrected chi connectivity index (χ0v) is 15.1. The van der Waals surface area contributed by atoms with Gasteiger partial charge in [-0.2, -0.15) is 5.26 Å². The van der Waals surface area contributed by atoms with Gasteiger partial charge in [0.15, 0.2) is 5.16 Å². The van der Waals surface area contributed by atoms with Crippen molar-refractivity contribution in [1.29, 1.82) is 5.26 Å². The number of aromatic nitrogens is 3. The molecule has 3 heterocycles. The van der Waals surface area contributed by atoms with Crippen molar-refractivity contribution >= 4 is 23.3 Å². The lowest BCUT2D eigenvalue weighted by Crippen LogP contribution is -2.47. The second-order valence-electron chi connectivity index (χ2n) is 6.30. The summed E-state index contributed by atoms with van der Waals surface area (Å²) in [6, 6.07) is 5.83. The molecule has 2 aromatic heterocycles. The number of nitriles is 1. The normalized spacial score (nSPS) is 16.6. The third-order valence-corrected chi connectivity index (χ3v) is 5.43. The minimum absolute atomic E-state index is 0.462. The van der Waals surface area contributed by atoms with Crippen LogP contribution < -0.4 is 9.80 Å². The number of anilines is 2. The quantitative estimate of drug-likeness (QED) is 0.620. The van der Waals surface area contributed by atoms with Crippen LogP contribution in [0.2, 0.25) is 0 Å². The molecular weight excluding hydrogens is 332 g/mol. The molecule has 4 rings (SSSR count). The van der Waals surface area contributed by atoms with Crippen molar-refractivity contribution in [3.8, 4) is 6.07 Å². The number of piperazine rings is 1. The Bertz CT molecular complexity index is 806. The predicted octanol–water partition coefficient (Wildman–Crippen LogP) is 2.28. The molecule has 0 N–H and O–H groups in total. The molecule has 0 spiro atoms. The highest BCUT2D eigenvalue weighted by Gasteiger charge is 2.25. The van der Waals surface area contributed by atoms with Crippen LogP contribution in [0.5, 0.6) is 0 Å². The number of aryl methyl sites for hydroxylation is 1. The Morgan fingerprint density at radius 2 is 1.88 bits per heavy atom. The molecule has 0 amide bonds. The van der Waals surface area contributed by atoms with Crippen LogP contribution in [0.25, 0.3) is 0 Å². The lowest BCUT2D eigenvalue weighted by atomic mass is 10.2. The maximum atomic E-state index is 8.87. The first-order valence-corrected chi connectivity index (χ1v) is 9.81. The SMILES string of the molecule is CSc1nc2c(c(N3CCN(c4ccc(C#N)nc4)CC3)n1)CCC2. The summed E-state index contributed by atoms with van der Waals surface area (Å²) in [5.41, 5.74) is 4.14. The van der Waals surface area contributed by atoms with Gasteiger partial charge in [0.1, 0.15) is 17.6 Å². The summed E-state index contributed by atoms with van der Waals surface area (Å²) in [7, 11) is 0. The molecule has 1 saturated heterocycles. The van der Waals surface area contributed by atoms with Gasteiger partial charge in [-0.25, -0.2) is 15.0 Å². The Kier molecular flexibility index (Phi) is 4.45. The third-order valence-electron chi connectivity index (χ3n) is 4.88. The Hall–Kier alpha value is -2.33. The zero-order valence-electron chi connectivity index (χ0n) is 14.3. The van der Waals surface area contributed by atoms with E-state index < -0.39 is 0 Å². The molecule has 2 aliphatic rings. The second kappa shape index (κ2) is 6.89. The fraction of sp³-hybridized carbons (Fsp3) is 0.444. The van der Waals surface area contributed by atoms with Crippen LogP contribution in [-0.2, 0) is 12.8 Å². The van der Waals surface area contributed by atoms with Crippen molar-refractivity contribution in [2.24, 2.45) is 0 Å². The van der Waals surface area contributed by atoms with Crippen LogP contribution in [0, 0.1) is 11.3 Å². The van der Waals surface area contributed by atoms with Gasteiger partial charge in [0, 0.05) is 31.7 Å². The Morgan fingerprint density at radius 1 is 1.08 bits per heavy atom. The van der Waals surface area contributed by atoms with Crippen LogP contribution in [-0.4, -0.2) is 47.4 Å². The van der Waals surface area contributed by atoms with Crippen molar-refractivity contribution in [3.63, 3.8) is 0 Å². The molecule has 0 unspecified atom stereocenters. The van der Waals surface area contributed by atoms with Gasteiger partial charge in [0.25, 0.3) is 0 Å². The molecule has 1 aliphatic heterocycles. The van der Waals surface area contributed by atoms with Gasteiger partial charge < -0.3 is 9.80 Å². The average molecular weight is 352 g/mol. The van der Waals surface area contributed by atoms with E-state index in [1.165, 1.54) is 17.7 Å². The zero-order chi connectivity index (χ0) is 17.2. The maximum Gasteiger partial charge on any atom is 0.189 e. The van der Waals surface area contributed by atoms with Crippen molar-refractivity contribution in [3.05, 3.63) is 35.3 Å². The number of pyridine rings is 1. The minimum atomic E-state index is 0.462. The molecule has 7 heteroatoms. The van der Waals surface area contributed by atoms with E-state index in [9.17, 15) is 0 Å². The van der Waals surface area contributed by atoms with E-state index in [0.717, 1.165) is 55.7 Å². The smallest absolute Gasteiger partial charge is 0.189 e. The van der Waals surface area contributed by atoms with E-state index in [4.69, 9.17) is 10.2 Å². The highest BCUT2D eigenvalue weighted by molar-refractivity contribution is 7.98. The highest BCUT2D eigenvalue weighted by Crippen LogP contribution is 2.31. The fourth-order valence-electron chi connectivity index (χ4n) is 3.56. The standard InChI is InChI=1S/C18H20N6S/c1-25-18-21-16-4-2-3-15(16)17(22-18)24-9-7-23(8-10-24)14-6-5-13(11-19)20-12-14/h5-6,12H,2-4,7-10H2,1H3. The van der Waals surface area contributed by atoms with Gasteiger partial charge in [-0.1, -0.05) is 11.8 Å². The van der Waals surface area contributed by atoms with E-state index in [2.05, 4.69) is 25.8 Å². The van der Waals surface area contributed by atoms with Gasteiger partial charge in [0.2, 0.25) is 0 Å². The van der Waals surface area contributed by atoms with Gasteiger partial charge >= 0.3 is 0 Å². The lowest BCUT2D eigenvalue weighted by molar-refractivity contribution is 0.639. The summed E-state index contributed by atoms with van der Waals surface area (Å²) in [6.45, 7) is 3.75. The Balaban J connectivity index is 1.50. The van der Waals surface area contributed by atoms with Crippen molar-refractivity contribution in [2.75, 3.05) is 42.2 Å². The fourth-order valence-corrected chi connectivity index (χ4v) is 3.94. The number of nitrogens with zero attached hydrogens (tertiary/aromatic N) is 6. The van der Waals surface area contributed by atoms with E-state index in [1.807, 2.05) is 12.3 Å². The molecule has 1 aliphatic carbocycles. The van der Waals surface area contributed by atoms with Gasteiger partial charge in [-0.15, -0.1) is 0 Å². The number of hydrogen-bond donors (Lipinski definition) is 0. The van der Waals surface area contributed by atoms with Gasteiger partial charge in [-0.05, 0) is 37.7 Å². The molecule has 0 bridgehead atoms. The Morgan fingerprint density at radius 3 is 2.56 bits per heavy atom. The van der Waals surface area contributed by atoms with Crippen LogP contribution in [0.15, 0.2) is 23.5 Å². The molecule has 0 radical (unpaired) electrons. The molecule has 1 fully saturated rings. The third kappa shape index (κ3) is 3.14. The average Bonchev–Trinajstić information content (AvgIpc) is 3.16. The molecule has 0 saturated carbocycles. The molecule has 0 atom stereocenters. The molecule has 2 aromatic rings. The van der Waals surface area contributed by atoms with Crippen molar-refractivity contribution in [2.45, 2.75) is 24.4 Å². The molecule has 128 valence electrons. The molecule has 0 aromatic carbocycles. The number of thioether (sulfide) groups is 1. The van der Waals surface area contributed by atoms with Crippen LogP contribution in [0.4, 0.5) is 11.5 Å². The highest BCUT2D eigenvalue weighted by atomic mass is 32.2.